The molecule has 0 aromatic heterocycles. The highest BCUT2D eigenvalue weighted by Gasteiger charge is 2.32. The van der Waals surface area contributed by atoms with Crippen molar-refractivity contribution >= 4 is 5.78 Å². The molecule has 3 unspecified atom stereocenters. The molecule has 0 bridgehead atoms. The van der Waals surface area contributed by atoms with Gasteiger partial charge in [0.1, 0.15) is 24.9 Å². The number of aliphatic hydroxyl groups is 4. The molecule has 0 rings (SSSR count). The first-order chi connectivity index (χ1) is 11.5. The zero-order valence-corrected chi connectivity index (χ0v) is 15.9. The molecule has 0 aliphatic carbocycles. The molecule has 4 N–H and O–H groups in total. The summed E-state index contributed by atoms with van der Waals surface area (Å²) in [4.78, 5) is 11.7. The maximum atomic E-state index is 11.7. The third-order valence-corrected chi connectivity index (χ3v) is 4.12. The van der Waals surface area contributed by atoms with E-state index in [1.54, 1.807) is 7.11 Å². The zero-order valence-electron chi connectivity index (χ0n) is 15.9. The summed E-state index contributed by atoms with van der Waals surface area (Å²) in [7, 11) is 1.64. The predicted molar refractivity (Wildman–Crippen MR) is 91.3 cm³/mol. The van der Waals surface area contributed by atoms with Crippen LogP contribution < -0.4 is 0 Å². The Hall–Kier alpha value is -0.610. The molecule has 0 aromatic carbocycles. The number of Topliss-reactive ketones (excluding diaryl/α,β-unsaturated/α-hetero) is 1. The molecule has 0 amide bonds. The molecular weight excluding hydrogens is 332 g/mol. The van der Waals surface area contributed by atoms with Crippen LogP contribution in [0.5, 0.6) is 0 Å². The number of ketones is 1. The van der Waals surface area contributed by atoms with Crippen molar-refractivity contribution in [2.75, 3.05) is 33.5 Å². The molecule has 0 heterocycles. The van der Waals surface area contributed by atoms with Crippen molar-refractivity contribution in [3.8, 4) is 0 Å². The van der Waals surface area contributed by atoms with E-state index < -0.39 is 42.9 Å². The number of aliphatic hydroxyl groups excluding tert-OH is 4. The number of methoxy groups -OCH3 is 1. The van der Waals surface area contributed by atoms with Crippen LogP contribution in [0.25, 0.3) is 0 Å². The number of hydrogen-bond acceptors (Lipinski definition) is 8. The summed E-state index contributed by atoms with van der Waals surface area (Å²) in [6.07, 6.45) is -3.41. The van der Waals surface area contributed by atoms with Gasteiger partial charge < -0.3 is 34.6 Å². The minimum absolute atomic E-state index is 0.0757. The van der Waals surface area contributed by atoms with Gasteiger partial charge in [0.05, 0.1) is 31.0 Å². The maximum absolute atomic E-state index is 11.7. The Kier molecular flexibility index (Phi) is 10.9. The van der Waals surface area contributed by atoms with Gasteiger partial charge in [0.2, 0.25) is 0 Å². The lowest BCUT2D eigenvalue weighted by molar-refractivity contribution is -0.153. The molecule has 3 atom stereocenters. The van der Waals surface area contributed by atoms with Crippen molar-refractivity contribution in [2.45, 2.75) is 70.1 Å². The molecule has 0 aliphatic heterocycles. The Balaban J connectivity index is 4.47. The van der Waals surface area contributed by atoms with Gasteiger partial charge in [-0.2, -0.15) is 0 Å². The smallest absolute Gasteiger partial charge is 0.189 e. The van der Waals surface area contributed by atoms with Crippen molar-refractivity contribution in [3.05, 3.63) is 0 Å². The number of carbonyl (C=O) groups excluding carboxylic acids is 1. The van der Waals surface area contributed by atoms with Crippen molar-refractivity contribution in [1.29, 1.82) is 0 Å². The largest absolute Gasteiger partial charge is 0.394 e. The van der Waals surface area contributed by atoms with Crippen molar-refractivity contribution < 1.29 is 39.4 Å². The van der Waals surface area contributed by atoms with Crippen LogP contribution in [-0.2, 0) is 19.0 Å². The van der Waals surface area contributed by atoms with E-state index in [1.165, 1.54) is 0 Å². The quantitative estimate of drug-likeness (QED) is 0.329. The topological polar surface area (TPSA) is 126 Å². The number of ether oxygens (including phenoxy) is 3. The van der Waals surface area contributed by atoms with Gasteiger partial charge in [-0.1, -0.05) is 0 Å². The first-order valence-electron chi connectivity index (χ1n) is 8.41. The van der Waals surface area contributed by atoms with Crippen LogP contribution in [0.2, 0.25) is 0 Å². The Morgan fingerprint density at radius 1 is 1.00 bits per heavy atom. The Bertz CT molecular complexity index is 383. The van der Waals surface area contributed by atoms with Gasteiger partial charge in [-0.05, 0) is 40.5 Å². The fourth-order valence-corrected chi connectivity index (χ4v) is 1.96. The minimum Gasteiger partial charge on any atom is -0.394 e. The van der Waals surface area contributed by atoms with Gasteiger partial charge in [-0.3, -0.25) is 4.79 Å². The van der Waals surface area contributed by atoms with Crippen LogP contribution >= 0.6 is 0 Å². The molecule has 25 heavy (non-hydrogen) atoms. The second-order valence-electron chi connectivity index (χ2n) is 7.23. The van der Waals surface area contributed by atoms with Crippen LogP contribution in [0.15, 0.2) is 0 Å². The van der Waals surface area contributed by atoms with E-state index in [-0.39, 0.29) is 12.2 Å². The molecule has 0 radical (unpaired) electrons. The van der Waals surface area contributed by atoms with Gasteiger partial charge in [0.15, 0.2) is 5.78 Å². The average molecular weight is 366 g/mol. The lowest BCUT2D eigenvalue weighted by Gasteiger charge is -2.30. The van der Waals surface area contributed by atoms with E-state index in [0.29, 0.717) is 19.4 Å². The van der Waals surface area contributed by atoms with E-state index >= 15 is 0 Å². The highest BCUT2D eigenvalue weighted by Crippen LogP contribution is 2.19. The zero-order chi connectivity index (χ0) is 19.7. The molecule has 0 aliphatic rings. The number of hydrogen-bond donors (Lipinski definition) is 4. The lowest BCUT2D eigenvalue weighted by atomic mass is 10.0. The minimum atomic E-state index is -1.61. The Labute approximate surface area is 149 Å². The van der Waals surface area contributed by atoms with Crippen LogP contribution in [0.1, 0.15) is 40.5 Å². The normalized spacial score (nSPS) is 16.5. The van der Waals surface area contributed by atoms with Crippen LogP contribution in [0.3, 0.4) is 0 Å². The van der Waals surface area contributed by atoms with Crippen LogP contribution in [0.4, 0.5) is 0 Å². The van der Waals surface area contributed by atoms with Crippen molar-refractivity contribution in [3.63, 3.8) is 0 Å². The molecule has 150 valence electrons. The summed E-state index contributed by atoms with van der Waals surface area (Å²) in [5.74, 6) is -0.763. The first kappa shape index (κ1) is 24.4. The first-order valence-corrected chi connectivity index (χ1v) is 8.41. The Morgan fingerprint density at radius 3 is 2.04 bits per heavy atom. The molecule has 0 spiro atoms. The lowest BCUT2D eigenvalue weighted by Crippen LogP contribution is -2.47. The van der Waals surface area contributed by atoms with Crippen LogP contribution in [-0.4, -0.2) is 89.3 Å². The predicted octanol–water partition coefficient (Wildman–Crippen LogP) is -0.352. The molecule has 0 fully saturated rings. The van der Waals surface area contributed by atoms with Gasteiger partial charge in [0.25, 0.3) is 0 Å². The monoisotopic (exact) mass is 366 g/mol. The van der Waals surface area contributed by atoms with E-state index in [2.05, 4.69) is 0 Å². The highest BCUT2D eigenvalue weighted by atomic mass is 16.5. The van der Waals surface area contributed by atoms with Gasteiger partial charge in [-0.15, -0.1) is 0 Å². The molecule has 8 nitrogen and oxygen atoms in total. The summed E-state index contributed by atoms with van der Waals surface area (Å²) in [5.41, 5.74) is -0.813. The molecular formula is C17H34O8. The SMILES string of the molecule is COC(C)(C)CCOC(C)(C)CCOC(C(=O)CO)C(O)C(O)CO. The van der Waals surface area contributed by atoms with Gasteiger partial charge >= 0.3 is 0 Å². The Morgan fingerprint density at radius 2 is 1.56 bits per heavy atom. The maximum Gasteiger partial charge on any atom is 0.189 e. The third-order valence-electron chi connectivity index (χ3n) is 4.12. The average Bonchev–Trinajstić information content (AvgIpc) is 2.56. The summed E-state index contributed by atoms with van der Waals surface area (Å²) in [6, 6.07) is 0. The number of rotatable bonds is 14. The molecule has 0 aromatic rings. The van der Waals surface area contributed by atoms with Gasteiger partial charge in [-0.25, -0.2) is 0 Å². The second kappa shape index (κ2) is 11.2. The summed E-state index contributed by atoms with van der Waals surface area (Å²) in [6.45, 7) is 6.69. The van der Waals surface area contributed by atoms with Crippen LogP contribution in [0, 0.1) is 0 Å². The van der Waals surface area contributed by atoms with E-state index in [0.717, 1.165) is 0 Å². The molecule has 8 heteroatoms. The highest BCUT2D eigenvalue weighted by molar-refractivity contribution is 5.84. The summed E-state index contributed by atoms with van der Waals surface area (Å²) >= 11 is 0. The fourth-order valence-electron chi connectivity index (χ4n) is 1.96. The van der Waals surface area contributed by atoms with Crippen molar-refractivity contribution in [2.24, 2.45) is 0 Å². The fraction of sp³-hybridized carbons (Fsp3) is 0.941. The standard InChI is InChI=1S/C17H34O8/c1-16(2,23-5)7-9-25-17(3,4)6-8-24-15(13(21)11-19)14(22)12(20)10-18/h12,14-15,18-20,22H,6-11H2,1-5H3. The third kappa shape index (κ3) is 9.60. The van der Waals surface area contributed by atoms with E-state index in [9.17, 15) is 15.0 Å². The summed E-state index contributed by atoms with van der Waals surface area (Å²) in [5, 5.41) is 37.2. The summed E-state index contributed by atoms with van der Waals surface area (Å²) < 4.78 is 16.5. The van der Waals surface area contributed by atoms with Gasteiger partial charge in [0, 0.05) is 7.11 Å². The molecule has 0 saturated heterocycles. The molecule has 0 saturated carbocycles. The van der Waals surface area contributed by atoms with E-state index in [4.69, 9.17) is 24.4 Å². The van der Waals surface area contributed by atoms with E-state index in [1.807, 2.05) is 27.7 Å². The second-order valence-corrected chi connectivity index (χ2v) is 7.23. The van der Waals surface area contributed by atoms with Crippen molar-refractivity contribution in [1.82, 2.24) is 0 Å². The number of carbonyl (C=O) groups is 1.